The third-order valence-electron chi connectivity index (χ3n) is 3.61. The third-order valence-corrected chi connectivity index (χ3v) is 3.61. The fourth-order valence-corrected chi connectivity index (χ4v) is 2.52. The summed E-state index contributed by atoms with van der Waals surface area (Å²) in [5.41, 5.74) is 6.35. The summed E-state index contributed by atoms with van der Waals surface area (Å²) >= 11 is 0. The van der Waals surface area contributed by atoms with Crippen LogP contribution in [0, 0.1) is 13.8 Å². The van der Waals surface area contributed by atoms with Gasteiger partial charge in [0.05, 0.1) is 11.7 Å². The molecule has 1 atom stereocenters. The molecule has 2 nitrogen and oxygen atoms in total. The van der Waals surface area contributed by atoms with Crippen molar-refractivity contribution in [3.05, 3.63) is 64.5 Å². The van der Waals surface area contributed by atoms with Gasteiger partial charge < -0.3 is 5.32 Å². The maximum Gasteiger partial charge on any atom is 0.0754 e. The molecule has 1 aromatic carbocycles. The van der Waals surface area contributed by atoms with Crippen molar-refractivity contribution in [3.8, 4) is 0 Å². The number of hydrogen-bond donors (Lipinski definition) is 1. The molecule has 1 heterocycles. The van der Waals surface area contributed by atoms with Crippen molar-refractivity contribution in [1.29, 1.82) is 0 Å². The largest absolute Gasteiger partial charge is 0.308 e. The molecule has 1 unspecified atom stereocenters. The van der Waals surface area contributed by atoms with Gasteiger partial charge in [0.15, 0.2) is 0 Å². The van der Waals surface area contributed by atoms with Gasteiger partial charge in [0.1, 0.15) is 0 Å². The van der Waals surface area contributed by atoms with Crippen molar-refractivity contribution in [2.24, 2.45) is 0 Å². The van der Waals surface area contributed by atoms with E-state index in [9.17, 15) is 0 Å². The van der Waals surface area contributed by atoms with Crippen LogP contribution in [0.4, 0.5) is 0 Å². The minimum Gasteiger partial charge on any atom is -0.308 e. The molecule has 0 aliphatic rings. The summed E-state index contributed by atoms with van der Waals surface area (Å²) in [6, 6.07) is 10.9. The topological polar surface area (TPSA) is 24.9 Å². The van der Waals surface area contributed by atoms with E-state index in [0.717, 1.165) is 12.1 Å². The maximum absolute atomic E-state index is 4.61. The van der Waals surface area contributed by atoms with E-state index < -0.39 is 0 Å². The van der Waals surface area contributed by atoms with Crippen LogP contribution in [-0.4, -0.2) is 12.0 Å². The van der Waals surface area contributed by atoms with Gasteiger partial charge in [-0.25, -0.2) is 0 Å². The van der Waals surface area contributed by atoms with Gasteiger partial charge >= 0.3 is 0 Å². The van der Waals surface area contributed by atoms with Crippen LogP contribution < -0.4 is 5.32 Å². The van der Waals surface area contributed by atoms with Gasteiger partial charge in [0, 0.05) is 6.20 Å². The summed E-state index contributed by atoms with van der Waals surface area (Å²) in [6.45, 7) is 6.47. The SMILES string of the molecule is CCc1cccnc1C(NC)c1cc(C)ccc1C. The molecule has 19 heavy (non-hydrogen) atoms. The minimum atomic E-state index is 0.163. The molecule has 0 fully saturated rings. The van der Waals surface area contributed by atoms with Crippen molar-refractivity contribution in [2.45, 2.75) is 33.2 Å². The number of hydrogen-bond acceptors (Lipinski definition) is 2. The second-order valence-corrected chi connectivity index (χ2v) is 4.98. The van der Waals surface area contributed by atoms with Gasteiger partial charge in [-0.3, -0.25) is 4.98 Å². The van der Waals surface area contributed by atoms with E-state index in [4.69, 9.17) is 0 Å². The van der Waals surface area contributed by atoms with E-state index in [2.05, 4.69) is 55.3 Å². The summed E-state index contributed by atoms with van der Waals surface area (Å²) in [6.07, 6.45) is 2.89. The fraction of sp³-hybridized carbons (Fsp3) is 0.353. The monoisotopic (exact) mass is 254 g/mol. The number of rotatable bonds is 4. The highest BCUT2D eigenvalue weighted by atomic mass is 14.9. The maximum atomic E-state index is 4.61. The number of nitrogens with zero attached hydrogens (tertiary/aromatic N) is 1. The molecule has 100 valence electrons. The lowest BCUT2D eigenvalue weighted by molar-refractivity contribution is 0.658. The molecule has 0 amide bonds. The van der Waals surface area contributed by atoms with Crippen LogP contribution in [0.3, 0.4) is 0 Å². The van der Waals surface area contributed by atoms with E-state index >= 15 is 0 Å². The highest BCUT2D eigenvalue weighted by molar-refractivity contribution is 5.39. The molecule has 2 aromatic rings. The van der Waals surface area contributed by atoms with Crippen LogP contribution in [0.15, 0.2) is 36.5 Å². The fourth-order valence-electron chi connectivity index (χ4n) is 2.52. The Morgan fingerprint density at radius 3 is 2.68 bits per heavy atom. The zero-order chi connectivity index (χ0) is 13.8. The van der Waals surface area contributed by atoms with Crippen LogP contribution in [0.5, 0.6) is 0 Å². The molecule has 1 N–H and O–H groups in total. The van der Waals surface area contributed by atoms with Gasteiger partial charge in [-0.15, -0.1) is 0 Å². The zero-order valence-corrected chi connectivity index (χ0v) is 12.2. The van der Waals surface area contributed by atoms with E-state index in [1.165, 1.54) is 22.3 Å². The van der Waals surface area contributed by atoms with E-state index in [0.29, 0.717) is 0 Å². The summed E-state index contributed by atoms with van der Waals surface area (Å²) in [4.78, 5) is 4.61. The van der Waals surface area contributed by atoms with Crippen LogP contribution in [0.2, 0.25) is 0 Å². The minimum absolute atomic E-state index is 0.163. The summed E-state index contributed by atoms with van der Waals surface area (Å²) in [5.74, 6) is 0. The lowest BCUT2D eigenvalue weighted by Gasteiger charge is -2.21. The third kappa shape index (κ3) is 2.85. The first-order valence-corrected chi connectivity index (χ1v) is 6.85. The van der Waals surface area contributed by atoms with Gasteiger partial charge in [0.25, 0.3) is 0 Å². The Morgan fingerprint density at radius 1 is 1.21 bits per heavy atom. The van der Waals surface area contributed by atoms with Crippen molar-refractivity contribution in [2.75, 3.05) is 7.05 Å². The molecular formula is C17H22N2. The Morgan fingerprint density at radius 2 is 2.00 bits per heavy atom. The predicted octanol–water partition coefficient (Wildman–Crippen LogP) is 3.57. The molecule has 0 bridgehead atoms. The number of pyridine rings is 1. The van der Waals surface area contributed by atoms with E-state index in [1.807, 2.05) is 19.3 Å². The average molecular weight is 254 g/mol. The molecule has 2 heteroatoms. The molecule has 1 aromatic heterocycles. The second kappa shape index (κ2) is 5.98. The Bertz CT molecular complexity index is 561. The van der Waals surface area contributed by atoms with Crippen molar-refractivity contribution >= 4 is 0 Å². The zero-order valence-electron chi connectivity index (χ0n) is 12.2. The Hall–Kier alpha value is -1.67. The number of aromatic nitrogens is 1. The Balaban J connectivity index is 2.53. The number of aryl methyl sites for hydroxylation is 3. The van der Waals surface area contributed by atoms with Crippen molar-refractivity contribution < 1.29 is 0 Å². The van der Waals surface area contributed by atoms with Crippen LogP contribution in [-0.2, 0) is 6.42 Å². The van der Waals surface area contributed by atoms with Gasteiger partial charge in [-0.1, -0.05) is 36.8 Å². The molecule has 0 saturated carbocycles. The van der Waals surface area contributed by atoms with Crippen LogP contribution >= 0.6 is 0 Å². The molecule has 0 aliphatic carbocycles. The predicted molar refractivity (Wildman–Crippen MR) is 80.4 cm³/mol. The summed E-state index contributed by atoms with van der Waals surface area (Å²) < 4.78 is 0. The van der Waals surface area contributed by atoms with E-state index in [-0.39, 0.29) is 6.04 Å². The van der Waals surface area contributed by atoms with Gasteiger partial charge in [0.2, 0.25) is 0 Å². The van der Waals surface area contributed by atoms with Gasteiger partial charge in [-0.05, 0) is 50.1 Å². The highest BCUT2D eigenvalue weighted by Crippen LogP contribution is 2.26. The molecule has 0 spiro atoms. The molecular weight excluding hydrogens is 232 g/mol. The Labute approximate surface area is 115 Å². The first-order chi connectivity index (χ1) is 9.17. The van der Waals surface area contributed by atoms with Crippen LogP contribution in [0.25, 0.3) is 0 Å². The second-order valence-electron chi connectivity index (χ2n) is 4.98. The average Bonchev–Trinajstić information content (AvgIpc) is 2.44. The Kier molecular flexibility index (Phi) is 4.33. The highest BCUT2D eigenvalue weighted by Gasteiger charge is 2.18. The normalized spacial score (nSPS) is 12.4. The lowest BCUT2D eigenvalue weighted by Crippen LogP contribution is -2.21. The van der Waals surface area contributed by atoms with Crippen LogP contribution in [0.1, 0.15) is 40.9 Å². The quantitative estimate of drug-likeness (QED) is 0.902. The molecule has 0 saturated heterocycles. The molecule has 0 aliphatic heterocycles. The molecule has 2 rings (SSSR count). The van der Waals surface area contributed by atoms with E-state index in [1.54, 1.807) is 0 Å². The van der Waals surface area contributed by atoms with Crippen molar-refractivity contribution in [1.82, 2.24) is 10.3 Å². The lowest BCUT2D eigenvalue weighted by atomic mass is 9.93. The number of nitrogens with one attached hydrogen (secondary N) is 1. The first kappa shape index (κ1) is 13.8. The first-order valence-electron chi connectivity index (χ1n) is 6.85. The summed E-state index contributed by atoms with van der Waals surface area (Å²) in [7, 11) is 2.00. The summed E-state index contributed by atoms with van der Waals surface area (Å²) in [5, 5.41) is 3.41. The molecule has 0 radical (unpaired) electrons. The van der Waals surface area contributed by atoms with Crippen molar-refractivity contribution in [3.63, 3.8) is 0 Å². The van der Waals surface area contributed by atoms with Gasteiger partial charge in [-0.2, -0.15) is 0 Å². The number of benzene rings is 1. The smallest absolute Gasteiger partial charge is 0.0754 e. The standard InChI is InChI=1S/C17H22N2/c1-5-14-7-6-10-19-16(14)17(18-4)15-11-12(2)8-9-13(15)3/h6-11,17-18H,5H2,1-4H3.